The molecule has 1 aromatic heterocycles. The minimum Gasteiger partial charge on any atom is -0.506 e. The average Bonchev–Trinajstić information content (AvgIpc) is 2.34. The van der Waals surface area contributed by atoms with Crippen LogP contribution in [0.25, 0.3) is 11.1 Å². The molecule has 0 fully saturated rings. The molecule has 1 aromatic carbocycles. The van der Waals surface area contributed by atoms with Crippen LogP contribution in [0.3, 0.4) is 0 Å². The van der Waals surface area contributed by atoms with E-state index in [9.17, 15) is 5.11 Å². The first kappa shape index (κ1) is 11.9. The quantitative estimate of drug-likeness (QED) is 0.816. The molecule has 0 aliphatic carbocycles. The highest BCUT2D eigenvalue weighted by Gasteiger charge is 2.10. The van der Waals surface area contributed by atoms with E-state index in [0.717, 1.165) is 0 Å². The Morgan fingerprint density at radius 3 is 2.71 bits per heavy atom. The first-order valence-electron chi connectivity index (χ1n) is 4.66. The lowest BCUT2D eigenvalue weighted by atomic mass is 10.0. The summed E-state index contributed by atoms with van der Waals surface area (Å²) in [6.07, 6.45) is 1.55. The molecule has 5 heteroatoms. The number of pyridine rings is 1. The number of phenols is 1. The van der Waals surface area contributed by atoms with E-state index >= 15 is 0 Å². The van der Waals surface area contributed by atoms with Gasteiger partial charge in [-0.25, -0.2) is 4.98 Å². The Hall–Kier alpha value is -1.57. The Labute approximate surface area is 111 Å². The van der Waals surface area contributed by atoms with Crippen molar-refractivity contribution in [3.05, 3.63) is 45.7 Å². The molecule has 17 heavy (non-hydrogen) atoms. The summed E-state index contributed by atoms with van der Waals surface area (Å²) in [6.45, 7) is 0. The minimum atomic E-state index is 0.0770. The van der Waals surface area contributed by atoms with Gasteiger partial charge in [0.25, 0.3) is 0 Å². The van der Waals surface area contributed by atoms with Crippen LogP contribution in [0.2, 0.25) is 5.15 Å². The van der Waals surface area contributed by atoms with Crippen LogP contribution in [-0.2, 0) is 0 Å². The number of rotatable bonds is 1. The number of nitriles is 1. The Balaban J connectivity index is 2.63. The molecule has 2 rings (SSSR count). The second-order valence-corrected chi connectivity index (χ2v) is 4.58. The average molecular weight is 310 g/mol. The summed E-state index contributed by atoms with van der Waals surface area (Å²) in [7, 11) is 0. The fourth-order valence-electron chi connectivity index (χ4n) is 1.42. The van der Waals surface area contributed by atoms with Gasteiger partial charge < -0.3 is 5.11 Å². The second kappa shape index (κ2) is 4.74. The van der Waals surface area contributed by atoms with Gasteiger partial charge in [0, 0.05) is 17.3 Å². The van der Waals surface area contributed by atoms with E-state index in [4.69, 9.17) is 16.9 Å². The first-order chi connectivity index (χ1) is 8.11. The van der Waals surface area contributed by atoms with Gasteiger partial charge in [0.2, 0.25) is 0 Å². The fraction of sp³-hybridized carbons (Fsp3) is 0. The molecule has 0 aliphatic rings. The molecule has 0 aliphatic heterocycles. The van der Waals surface area contributed by atoms with Crippen molar-refractivity contribution in [1.82, 2.24) is 4.98 Å². The second-order valence-electron chi connectivity index (χ2n) is 3.34. The predicted octanol–water partition coefficient (Wildman–Crippen LogP) is 3.74. The monoisotopic (exact) mass is 308 g/mol. The lowest BCUT2D eigenvalue weighted by molar-refractivity contribution is 0.474. The van der Waals surface area contributed by atoms with Gasteiger partial charge in [0.1, 0.15) is 10.9 Å². The van der Waals surface area contributed by atoms with Crippen molar-refractivity contribution in [3.8, 4) is 22.9 Å². The van der Waals surface area contributed by atoms with Crippen molar-refractivity contribution in [2.45, 2.75) is 0 Å². The van der Waals surface area contributed by atoms with Gasteiger partial charge in [-0.15, -0.1) is 0 Å². The van der Waals surface area contributed by atoms with Crippen molar-refractivity contribution in [3.63, 3.8) is 0 Å². The van der Waals surface area contributed by atoms with Crippen LogP contribution in [0.5, 0.6) is 5.75 Å². The molecule has 0 spiro atoms. The van der Waals surface area contributed by atoms with Gasteiger partial charge in [0.05, 0.1) is 16.1 Å². The van der Waals surface area contributed by atoms with Gasteiger partial charge in [-0.05, 0) is 40.2 Å². The van der Waals surface area contributed by atoms with E-state index in [1.807, 2.05) is 6.07 Å². The standard InChI is InChI=1S/C12H6BrClN2O/c13-10-4-7(5-15)3-9(12(10)17)8-1-2-11(14)16-6-8/h1-4,6,17H. The summed E-state index contributed by atoms with van der Waals surface area (Å²) in [6, 6.07) is 8.55. The molecule has 0 bridgehead atoms. The lowest BCUT2D eigenvalue weighted by Crippen LogP contribution is -1.85. The van der Waals surface area contributed by atoms with Crippen LogP contribution in [0, 0.1) is 11.3 Å². The van der Waals surface area contributed by atoms with E-state index in [2.05, 4.69) is 20.9 Å². The first-order valence-corrected chi connectivity index (χ1v) is 5.83. The zero-order chi connectivity index (χ0) is 12.4. The van der Waals surface area contributed by atoms with Crippen molar-refractivity contribution in [2.24, 2.45) is 0 Å². The molecule has 0 radical (unpaired) electrons. The van der Waals surface area contributed by atoms with Gasteiger partial charge >= 0.3 is 0 Å². The number of hydrogen-bond acceptors (Lipinski definition) is 3. The topological polar surface area (TPSA) is 56.9 Å². The summed E-state index contributed by atoms with van der Waals surface area (Å²) < 4.78 is 0.474. The van der Waals surface area contributed by atoms with E-state index in [-0.39, 0.29) is 5.75 Å². The summed E-state index contributed by atoms with van der Waals surface area (Å²) in [5, 5.41) is 19.2. The number of benzene rings is 1. The number of nitrogens with zero attached hydrogens (tertiary/aromatic N) is 2. The molecule has 0 unspecified atom stereocenters. The molecule has 0 amide bonds. The van der Waals surface area contributed by atoms with Crippen LogP contribution in [-0.4, -0.2) is 10.1 Å². The fourth-order valence-corrected chi connectivity index (χ4v) is 1.99. The number of aromatic nitrogens is 1. The molecule has 0 atom stereocenters. The van der Waals surface area contributed by atoms with Gasteiger partial charge in [-0.2, -0.15) is 5.26 Å². The van der Waals surface area contributed by atoms with Crippen LogP contribution >= 0.6 is 27.5 Å². The Morgan fingerprint density at radius 2 is 2.12 bits per heavy atom. The molecule has 3 nitrogen and oxygen atoms in total. The molecule has 0 saturated heterocycles. The molecular weight excluding hydrogens is 304 g/mol. The van der Waals surface area contributed by atoms with Gasteiger partial charge in [0.15, 0.2) is 0 Å². The van der Waals surface area contributed by atoms with Crippen molar-refractivity contribution in [1.29, 1.82) is 5.26 Å². The van der Waals surface area contributed by atoms with Crippen LogP contribution in [0.1, 0.15) is 5.56 Å². The highest BCUT2D eigenvalue weighted by molar-refractivity contribution is 9.10. The van der Waals surface area contributed by atoms with Crippen LogP contribution < -0.4 is 0 Å². The van der Waals surface area contributed by atoms with E-state index in [1.165, 1.54) is 0 Å². The Kier molecular flexibility index (Phi) is 3.32. The largest absolute Gasteiger partial charge is 0.506 e. The van der Waals surface area contributed by atoms with Gasteiger partial charge in [-0.3, -0.25) is 0 Å². The maximum atomic E-state index is 9.92. The van der Waals surface area contributed by atoms with Crippen molar-refractivity contribution < 1.29 is 5.11 Å². The SMILES string of the molecule is N#Cc1cc(Br)c(O)c(-c2ccc(Cl)nc2)c1. The molecule has 1 heterocycles. The third kappa shape index (κ3) is 2.41. The van der Waals surface area contributed by atoms with Crippen LogP contribution in [0.4, 0.5) is 0 Å². The number of aromatic hydroxyl groups is 1. The third-order valence-electron chi connectivity index (χ3n) is 2.23. The summed E-state index contributed by atoms with van der Waals surface area (Å²) >= 11 is 8.90. The summed E-state index contributed by atoms with van der Waals surface area (Å²) in [4.78, 5) is 3.94. The van der Waals surface area contributed by atoms with Crippen molar-refractivity contribution >= 4 is 27.5 Å². The van der Waals surface area contributed by atoms with E-state index in [1.54, 1.807) is 30.5 Å². The molecule has 0 saturated carbocycles. The number of hydrogen-bond donors (Lipinski definition) is 1. The van der Waals surface area contributed by atoms with Gasteiger partial charge in [-0.1, -0.05) is 11.6 Å². The van der Waals surface area contributed by atoms with E-state index < -0.39 is 0 Å². The lowest BCUT2D eigenvalue weighted by Gasteiger charge is -2.07. The summed E-state index contributed by atoms with van der Waals surface area (Å²) in [5.41, 5.74) is 1.70. The third-order valence-corrected chi connectivity index (χ3v) is 3.06. The molecule has 2 aromatic rings. The molecule has 84 valence electrons. The minimum absolute atomic E-state index is 0.0770. The zero-order valence-electron chi connectivity index (χ0n) is 8.48. The van der Waals surface area contributed by atoms with E-state index in [0.29, 0.717) is 26.3 Å². The zero-order valence-corrected chi connectivity index (χ0v) is 10.8. The smallest absolute Gasteiger partial charge is 0.137 e. The van der Waals surface area contributed by atoms with Crippen LogP contribution in [0.15, 0.2) is 34.9 Å². The Morgan fingerprint density at radius 1 is 1.35 bits per heavy atom. The highest BCUT2D eigenvalue weighted by Crippen LogP contribution is 2.36. The summed E-state index contributed by atoms with van der Waals surface area (Å²) in [5.74, 6) is 0.0770. The predicted molar refractivity (Wildman–Crippen MR) is 68.8 cm³/mol. The molecule has 1 N–H and O–H groups in total. The molecular formula is C12H6BrClN2O. The van der Waals surface area contributed by atoms with Crippen molar-refractivity contribution in [2.75, 3.05) is 0 Å². The normalized spacial score (nSPS) is 9.94. The Bertz CT molecular complexity index is 605. The number of halogens is 2. The maximum Gasteiger partial charge on any atom is 0.137 e. The maximum absolute atomic E-state index is 9.92. The highest BCUT2D eigenvalue weighted by atomic mass is 79.9. The number of phenolic OH excluding ortho intramolecular Hbond substituents is 1.